The second-order valence-corrected chi connectivity index (χ2v) is 12.9. The topological polar surface area (TPSA) is 76.8 Å². The van der Waals surface area contributed by atoms with E-state index in [4.69, 9.17) is 11.5 Å². The monoisotopic (exact) mass is 550 g/mol. The van der Waals surface area contributed by atoms with Gasteiger partial charge in [0.2, 0.25) is 5.96 Å². The van der Waals surface area contributed by atoms with E-state index in [0.29, 0.717) is 23.6 Å². The zero-order valence-corrected chi connectivity index (χ0v) is 22.9. The fourth-order valence-electron chi connectivity index (χ4n) is 5.23. The first kappa shape index (κ1) is 27.1. The Balaban J connectivity index is 0.00000342. The Bertz CT molecular complexity index is 995. The lowest BCUT2D eigenvalue weighted by Crippen LogP contribution is -3.00. The van der Waals surface area contributed by atoms with Crippen LogP contribution in [0.3, 0.4) is 0 Å². The summed E-state index contributed by atoms with van der Waals surface area (Å²) >= 11 is 0. The van der Waals surface area contributed by atoms with Crippen molar-refractivity contribution in [2.45, 2.75) is 32.6 Å². The van der Waals surface area contributed by atoms with E-state index in [1.54, 1.807) is 6.92 Å². The van der Waals surface area contributed by atoms with E-state index in [1.807, 2.05) is 0 Å². The van der Waals surface area contributed by atoms with Crippen molar-refractivity contribution in [3.8, 4) is 0 Å². The molecule has 4 N–H and O–H groups in total. The van der Waals surface area contributed by atoms with Gasteiger partial charge in [-0.05, 0) is 80.8 Å². The van der Waals surface area contributed by atoms with Gasteiger partial charge in [0.05, 0.1) is 12.0 Å². The van der Waals surface area contributed by atoms with E-state index < -0.39 is 7.26 Å². The molecule has 0 amide bonds. The number of benzene rings is 3. The second-order valence-electron chi connectivity index (χ2n) is 9.34. The van der Waals surface area contributed by atoms with Gasteiger partial charge in [-0.15, -0.1) is 0 Å². The van der Waals surface area contributed by atoms with Crippen LogP contribution in [0.5, 0.6) is 0 Å². The van der Waals surface area contributed by atoms with Gasteiger partial charge in [0.25, 0.3) is 0 Å². The Kier molecular flexibility index (Phi) is 10.1. The van der Waals surface area contributed by atoms with Gasteiger partial charge >= 0.3 is 0 Å². The lowest BCUT2D eigenvalue weighted by Gasteiger charge is -2.34. The zero-order valence-electron chi connectivity index (χ0n) is 20.4. The van der Waals surface area contributed by atoms with Crippen LogP contribution in [0.2, 0.25) is 0 Å². The lowest BCUT2D eigenvalue weighted by molar-refractivity contribution is -0.00000730. The summed E-state index contributed by atoms with van der Waals surface area (Å²) < 4.78 is 0. The average Bonchev–Trinajstić information content (AvgIpc) is 2.88. The molecule has 6 heteroatoms. The maximum Gasteiger partial charge on any atom is 0.216 e. The van der Waals surface area contributed by atoms with Crippen molar-refractivity contribution in [1.29, 1.82) is 0 Å². The summed E-state index contributed by atoms with van der Waals surface area (Å²) in [7, 11) is -1.77. The van der Waals surface area contributed by atoms with Gasteiger partial charge in [0.15, 0.2) is 0 Å². The van der Waals surface area contributed by atoms with Crippen LogP contribution in [-0.2, 0) is 0 Å². The van der Waals surface area contributed by atoms with E-state index in [9.17, 15) is 0 Å². The molecular formula is C29H36BrN4P. The predicted molar refractivity (Wildman–Crippen MR) is 149 cm³/mol. The number of amidine groups is 1. The molecule has 35 heavy (non-hydrogen) atoms. The highest BCUT2D eigenvalue weighted by Crippen LogP contribution is 2.58. The van der Waals surface area contributed by atoms with Crippen LogP contribution in [-0.4, -0.2) is 24.5 Å². The largest absolute Gasteiger partial charge is 1.00 e. The van der Waals surface area contributed by atoms with Crippen LogP contribution in [0, 0.1) is 11.8 Å². The molecule has 0 aromatic heterocycles. The van der Waals surface area contributed by atoms with Gasteiger partial charge in [-0.2, -0.15) is 0 Å². The van der Waals surface area contributed by atoms with Crippen molar-refractivity contribution < 1.29 is 17.0 Å². The van der Waals surface area contributed by atoms with Crippen LogP contribution in [0.15, 0.2) is 101 Å². The number of hydrogen-bond donors (Lipinski definition) is 2. The third-order valence-corrected chi connectivity index (χ3v) is 11.5. The minimum Gasteiger partial charge on any atom is -1.00 e. The third kappa shape index (κ3) is 6.80. The van der Waals surface area contributed by atoms with Crippen molar-refractivity contribution in [2.24, 2.45) is 33.3 Å². The Morgan fingerprint density at radius 3 is 1.51 bits per heavy atom. The molecule has 0 aliphatic heterocycles. The van der Waals surface area contributed by atoms with Gasteiger partial charge in [0, 0.05) is 6.54 Å². The first-order valence-electron chi connectivity index (χ1n) is 12.2. The molecule has 4 rings (SSSR count). The van der Waals surface area contributed by atoms with Crippen molar-refractivity contribution in [3.05, 3.63) is 91.0 Å². The number of nitrogens with zero attached hydrogens (tertiary/aromatic N) is 2. The predicted octanol–water partition coefficient (Wildman–Crippen LogP) is 1.48. The maximum atomic E-state index is 5.88. The Hall–Kier alpha value is -2.49. The van der Waals surface area contributed by atoms with Crippen molar-refractivity contribution in [3.63, 3.8) is 0 Å². The van der Waals surface area contributed by atoms with Crippen molar-refractivity contribution in [1.82, 2.24) is 0 Å². The minimum atomic E-state index is -1.77. The van der Waals surface area contributed by atoms with Crippen LogP contribution in [0.25, 0.3) is 0 Å². The number of hydrogen-bond acceptors (Lipinski definition) is 1. The Morgan fingerprint density at radius 1 is 0.714 bits per heavy atom. The van der Waals surface area contributed by atoms with Crippen LogP contribution >= 0.6 is 7.26 Å². The molecule has 1 aliphatic rings. The number of halogens is 1. The summed E-state index contributed by atoms with van der Waals surface area (Å²) in [6.45, 7) is 2.47. The van der Waals surface area contributed by atoms with Gasteiger partial charge in [-0.25, -0.2) is 4.99 Å². The van der Waals surface area contributed by atoms with E-state index in [2.05, 4.69) is 101 Å². The molecule has 0 bridgehead atoms. The summed E-state index contributed by atoms with van der Waals surface area (Å²) in [4.78, 5) is 8.52. The molecule has 184 valence electrons. The highest BCUT2D eigenvalue weighted by Gasteiger charge is 2.47. The SMILES string of the molecule is CC(N)=NC(N)=NCC1CCC(C[P+](c2ccccc2)(c2ccccc2)c2ccccc2)CC1.[Br-]. The zero-order chi connectivity index (χ0) is 23.8. The highest BCUT2D eigenvalue weighted by molar-refractivity contribution is 7.95. The first-order valence-corrected chi connectivity index (χ1v) is 14.2. The van der Waals surface area contributed by atoms with Gasteiger partial charge in [0.1, 0.15) is 23.2 Å². The summed E-state index contributed by atoms with van der Waals surface area (Å²) in [5, 5.41) is 4.42. The molecular weight excluding hydrogens is 515 g/mol. The fraction of sp³-hybridized carbons (Fsp3) is 0.310. The molecule has 1 fully saturated rings. The molecule has 0 spiro atoms. The highest BCUT2D eigenvalue weighted by atomic mass is 79.9. The lowest BCUT2D eigenvalue weighted by atomic mass is 9.83. The number of nitrogens with two attached hydrogens (primary N) is 2. The normalized spacial score (nSPS) is 19.1. The quantitative estimate of drug-likeness (QED) is 0.265. The molecule has 0 saturated heterocycles. The maximum absolute atomic E-state index is 5.88. The molecule has 1 aliphatic carbocycles. The summed E-state index contributed by atoms with van der Waals surface area (Å²) in [6, 6.07) is 33.6. The Morgan fingerprint density at radius 2 is 1.11 bits per heavy atom. The fourth-order valence-corrected chi connectivity index (χ4v) is 9.94. The summed E-state index contributed by atoms with van der Waals surface area (Å²) in [6.07, 6.45) is 6.04. The summed E-state index contributed by atoms with van der Waals surface area (Å²) in [5.41, 5.74) is 11.5. The molecule has 0 unspecified atom stereocenters. The number of rotatable bonds is 7. The minimum absolute atomic E-state index is 0. The van der Waals surface area contributed by atoms with Gasteiger partial charge < -0.3 is 28.4 Å². The van der Waals surface area contributed by atoms with Crippen LogP contribution in [0.4, 0.5) is 0 Å². The van der Waals surface area contributed by atoms with E-state index in [0.717, 1.165) is 6.54 Å². The number of guanidine groups is 1. The van der Waals surface area contributed by atoms with E-state index in [1.165, 1.54) is 47.8 Å². The summed E-state index contributed by atoms with van der Waals surface area (Å²) in [5.74, 6) is 2.01. The smallest absolute Gasteiger partial charge is 0.216 e. The van der Waals surface area contributed by atoms with Crippen LogP contribution < -0.4 is 44.4 Å². The first-order chi connectivity index (χ1) is 16.6. The molecule has 3 aromatic carbocycles. The molecule has 0 heterocycles. The van der Waals surface area contributed by atoms with E-state index >= 15 is 0 Å². The third-order valence-electron chi connectivity index (χ3n) is 6.89. The molecule has 0 radical (unpaired) electrons. The standard InChI is InChI=1S/C29H36N4P.BrH/c1-23(30)33-29(31)32-21-24-17-19-25(20-18-24)22-34(26-11-5-2-6-12-26,27-13-7-3-8-14-27)28-15-9-4-10-16-28;/h2-16,24-25H,17-22H2,1H3,(H4,30,31,32,33);1H/q+1;/p-1. The van der Waals surface area contributed by atoms with E-state index in [-0.39, 0.29) is 17.0 Å². The molecule has 0 atom stereocenters. The Labute approximate surface area is 221 Å². The second kappa shape index (κ2) is 13.0. The van der Waals surface area contributed by atoms with Gasteiger partial charge in [-0.1, -0.05) is 54.6 Å². The van der Waals surface area contributed by atoms with Crippen molar-refractivity contribution >= 4 is 35.0 Å². The molecule has 1 saturated carbocycles. The average molecular weight is 552 g/mol. The number of aliphatic imine (C=N–C) groups is 2. The van der Waals surface area contributed by atoms with Gasteiger partial charge in [-0.3, -0.25) is 4.99 Å². The van der Waals surface area contributed by atoms with Crippen molar-refractivity contribution in [2.75, 3.05) is 12.7 Å². The van der Waals surface area contributed by atoms with Crippen LogP contribution in [0.1, 0.15) is 32.6 Å². The molecule has 3 aromatic rings. The molecule has 4 nitrogen and oxygen atoms in total.